The molecule has 0 aromatic carbocycles. The molecule has 1 aromatic rings. The first-order valence-corrected chi connectivity index (χ1v) is 3.95. The summed E-state index contributed by atoms with van der Waals surface area (Å²) >= 11 is 5.56. The van der Waals surface area contributed by atoms with E-state index in [9.17, 15) is 0 Å². The van der Waals surface area contributed by atoms with E-state index >= 15 is 0 Å². The zero-order valence-corrected chi connectivity index (χ0v) is 7.65. The second-order valence-electron chi connectivity index (χ2n) is 2.69. The molecule has 0 aliphatic heterocycles. The minimum atomic E-state index is 0.0573. The minimum absolute atomic E-state index is 0.0573. The van der Waals surface area contributed by atoms with Gasteiger partial charge >= 0.3 is 0 Å². The quantitative estimate of drug-likeness (QED) is 0.436. The van der Waals surface area contributed by atoms with E-state index in [4.69, 9.17) is 16.8 Å². The Labute approximate surface area is 75.4 Å². The molecule has 0 aliphatic carbocycles. The second-order valence-corrected chi connectivity index (χ2v) is 3.05. The molecule has 1 heterocycles. The maximum absolute atomic E-state index is 8.36. The van der Waals surface area contributed by atoms with Crippen molar-refractivity contribution in [1.82, 2.24) is 9.78 Å². The molecule has 12 heavy (non-hydrogen) atoms. The molecule has 0 radical (unpaired) electrons. The highest BCUT2D eigenvalue weighted by atomic mass is 35.5. The van der Waals surface area contributed by atoms with Gasteiger partial charge in [-0.3, -0.25) is 4.68 Å². The Morgan fingerprint density at radius 3 is 2.83 bits per heavy atom. The zero-order valence-electron chi connectivity index (χ0n) is 6.90. The third kappa shape index (κ3) is 1.76. The summed E-state index contributed by atoms with van der Waals surface area (Å²) in [6, 6.07) is 0.280. The van der Waals surface area contributed by atoms with Crippen LogP contribution in [0.1, 0.15) is 25.5 Å². The Balaban J connectivity index is 2.92. The molecule has 5 heteroatoms. The van der Waals surface area contributed by atoms with Crippen molar-refractivity contribution < 1.29 is 5.21 Å². The van der Waals surface area contributed by atoms with Crippen LogP contribution in [0.2, 0.25) is 0 Å². The van der Waals surface area contributed by atoms with Gasteiger partial charge in [0, 0.05) is 12.2 Å². The molecule has 0 amide bonds. The van der Waals surface area contributed by atoms with Crippen LogP contribution >= 0.6 is 11.6 Å². The van der Waals surface area contributed by atoms with E-state index in [1.54, 1.807) is 17.1 Å². The molecule has 0 unspecified atom stereocenters. The Kier molecular flexibility index (Phi) is 2.70. The second kappa shape index (κ2) is 3.58. The van der Waals surface area contributed by atoms with Gasteiger partial charge in [0.2, 0.25) is 0 Å². The maximum Gasteiger partial charge on any atom is 0.178 e. The molecule has 1 aromatic heterocycles. The van der Waals surface area contributed by atoms with Gasteiger partial charge in [-0.15, -0.1) is 0 Å². The van der Waals surface area contributed by atoms with Crippen molar-refractivity contribution in [2.45, 2.75) is 19.9 Å². The molecule has 66 valence electrons. The van der Waals surface area contributed by atoms with E-state index < -0.39 is 0 Å². The van der Waals surface area contributed by atoms with Gasteiger partial charge in [0.15, 0.2) is 5.17 Å². The summed E-state index contributed by atoms with van der Waals surface area (Å²) in [6.07, 6.45) is 3.29. The van der Waals surface area contributed by atoms with Gasteiger partial charge in [-0.05, 0) is 13.8 Å². The van der Waals surface area contributed by atoms with Crippen LogP contribution in [0.4, 0.5) is 0 Å². The molecule has 4 nitrogen and oxygen atoms in total. The third-order valence-electron chi connectivity index (χ3n) is 1.46. The molecule has 1 N–H and O–H groups in total. The van der Waals surface area contributed by atoms with Crippen molar-refractivity contribution in [2.24, 2.45) is 5.16 Å². The van der Waals surface area contributed by atoms with Crippen LogP contribution in [0.15, 0.2) is 17.5 Å². The zero-order chi connectivity index (χ0) is 9.14. The molecule has 0 bridgehead atoms. The lowest BCUT2D eigenvalue weighted by molar-refractivity contribution is 0.321. The largest absolute Gasteiger partial charge is 0.410 e. The summed E-state index contributed by atoms with van der Waals surface area (Å²) in [5, 5.41) is 15.3. The van der Waals surface area contributed by atoms with Crippen molar-refractivity contribution >= 4 is 16.8 Å². The number of oxime groups is 1. The lowest BCUT2D eigenvalue weighted by Crippen LogP contribution is -2.00. The predicted molar refractivity (Wildman–Crippen MR) is 46.8 cm³/mol. The first-order valence-electron chi connectivity index (χ1n) is 3.57. The van der Waals surface area contributed by atoms with E-state index in [0.29, 0.717) is 5.56 Å². The van der Waals surface area contributed by atoms with E-state index in [0.717, 1.165) is 0 Å². The van der Waals surface area contributed by atoms with E-state index in [2.05, 4.69) is 10.3 Å². The van der Waals surface area contributed by atoms with Crippen molar-refractivity contribution in [3.63, 3.8) is 0 Å². The molecule has 0 saturated heterocycles. The van der Waals surface area contributed by atoms with E-state index in [-0.39, 0.29) is 11.2 Å². The fourth-order valence-electron chi connectivity index (χ4n) is 0.785. The predicted octanol–water partition coefficient (Wildman–Crippen LogP) is 1.84. The molecule has 0 saturated carbocycles. The first-order chi connectivity index (χ1) is 5.65. The van der Waals surface area contributed by atoms with Crippen LogP contribution in [-0.4, -0.2) is 20.2 Å². The molecule has 0 aliphatic rings. The molecule has 1 rings (SSSR count). The fourth-order valence-corrected chi connectivity index (χ4v) is 0.882. The van der Waals surface area contributed by atoms with Gasteiger partial charge < -0.3 is 5.21 Å². The topological polar surface area (TPSA) is 50.4 Å². The van der Waals surface area contributed by atoms with Crippen LogP contribution < -0.4 is 0 Å². The number of rotatable bonds is 2. The smallest absolute Gasteiger partial charge is 0.178 e. The van der Waals surface area contributed by atoms with Gasteiger partial charge in [-0.25, -0.2) is 0 Å². The first kappa shape index (κ1) is 9.06. The number of halogens is 1. The van der Waals surface area contributed by atoms with Crippen molar-refractivity contribution in [2.75, 3.05) is 0 Å². The van der Waals surface area contributed by atoms with Crippen LogP contribution in [0.3, 0.4) is 0 Å². The Bertz CT molecular complexity index is 293. The molecule has 0 spiro atoms. The molecular formula is C7H10ClN3O. The SMILES string of the molecule is CC(C)n1cc(/C(Cl)=N/O)cn1. The number of aromatic nitrogens is 2. The summed E-state index contributed by atoms with van der Waals surface area (Å²) in [4.78, 5) is 0. The van der Waals surface area contributed by atoms with Gasteiger partial charge in [-0.1, -0.05) is 16.8 Å². The summed E-state index contributed by atoms with van der Waals surface area (Å²) in [7, 11) is 0. The highest BCUT2D eigenvalue weighted by Crippen LogP contribution is 2.07. The fraction of sp³-hybridized carbons (Fsp3) is 0.429. The molecule has 0 atom stereocenters. The Morgan fingerprint density at radius 1 is 1.75 bits per heavy atom. The van der Waals surface area contributed by atoms with E-state index in [1.807, 2.05) is 13.8 Å². The highest BCUT2D eigenvalue weighted by Gasteiger charge is 2.05. The van der Waals surface area contributed by atoms with Crippen LogP contribution in [0, 0.1) is 0 Å². The molecule has 0 fully saturated rings. The normalized spacial score (nSPS) is 12.5. The Hall–Kier alpha value is -1.03. The number of nitrogens with zero attached hydrogens (tertiary/aromatic N) is 3. The highest BCUT2D eigenvalue weighted by molar-refractivity contribution is 6.69. The average Bonchev–Trinajstić information content (AvgIpc) is 2.51. The van der Waals surface area contributed by atoms with Crippen molar-refractivity contribution in [1.29, 1.82) is 0 Å². The summed E-state index contributed by atoms with van der Waals surface area (Å²) in [5.74, 6) is 0. The summed E-state index contributed by atoms with van der Waals surface area (Å²) in [5.41, 5.74) is 0.618. The number of hydrogen-bond acceptors (Lipinski definition) is 3. The third-order valence-corrected chi connectivity index (χ3v) is 1.75. The van der Waals surface area contributed by atoms with Crippen LogP contribution in [0.5, 0.6) is 0 Å². The van der Waals surface area contributed by atoms with Gasteiger partial charge in [-0.2, -0.15) is 5.10 Å². The summed E-state index contributed by atoms with van der Waals surface area (Å²) in [6.45, 7) is 4.00. The average molecular weight is 188 g/mol. The maximum atomic E-state index is 8.36. The Morgan fingerprint density at radius 2 is 2.42 bits per heavy atom. The molecular weight excluding hydrogens is 178 g/mol. The minimum Gasteiger partial charge on any atom is -0.410 e. The number of hydrogen-bond donors (Lipinski definition) is 1. The van der Waals surface area contributed by atoms with Crippen molar-refractivity contribution in [3.05, 3.63) is 18.0 Å². The monoisotopic (exact) mass is 187 g/mol. The summed E-state index contributed by atoms with van der Waals surface area (Å²) < 4.78 is 1.74. The van der Waals surface area contributed by atoms with Crippen LogP contribution in [0.25, 0.3) is 0 Å². The van der Waals surface area contributed by atoms with Gasteiger partial charge in [0.25, 0.3) is 0 Å². The van der Waals surface area contributed by atoms with E-state index in [1.165, 1.54) is 0 Å². The van der Waals surface area contributed by atoms with Crippen LogP contribution in [-0.2, 0) is 0 Å². The standard InChI is InChI=1S/C7H10ClN3O/c1-5(2)11-4-6(3-9-11)7(8)10-12/h3-5,12H,1-2H3/b10-7-. The van der Waals surface area contributed by atoms with Gasteiger partial charge in [0.1, 0.15) is 0 Å². The van der Waals surface area contributed by atoms with Gasteiger partial charge in [0.05, 0.1) is 11.8 Å². The lowest BCUT2D eigenvalue weighted by atomic mass is 10.4. The van der Waals surface area contributed by atoms with Crippen molar-refractivity contribution in [3.8, 4) is 0 Å². The lowest BCUT2D eigenvalue weighted by Gasteiger charge is -2.02.